The van der Waals surface area contributed by atoms with Crippen LogP contribution < -0.4 is 5.32 Å². The first-order valence-electron chi connectivity index (χ1n) is 8.48. The summed E-state index contributed by atoms with van der Waals surface area (Å²) in [5, 5.41) is 11.3. The van der Waals surface area contributed by atoms with E-state index in [9.17, 15) is 22.8 Å². The summed E-state index contributed by atoms with van der Waals surface area (Å²) in [4.78, 5) is 38.9. The Balaban J connectivity index is 1.61. The lowest BCUT2D eigenvalue weighted by atomic mass is 9.99. The Hall–Kier alpha value is -2.25. The molecule has 0 aromatic carbocycles. The lowest BCUT2D eigenvalue weighted by molar-refractivity contribution is -0.128. The van der Waals surface area contributed by atoms with E-state index in [1.807, 2.05) is 0 Å². The van der Waals surface area contributed by atoms with E-state index in [4.69, 9.17) is 9.96 Å². The van der Waals surface area contributed by atoms with Gasteiger partial charge in [-0.05, 0) is 19.3 Å². The normalized spacial score (nSPS) is 27.9. The molecule has 4 amide bonds. The largest absolute Gasteiger partial charge is 0.418 e. The van der Waals surface area contributed by atoms with Gasteiger partial charge in [0.15, 0.2) is 0 Å². The number of nitrogens with zero attached hydrogens (tertiary/aromatic N) is 3. The van der Waals surface area contributed by atoms with Crippen molar-refractivity contribution < 1.29 is 31.6 Å². The minimum atomic E-state index is -4.84. The number of amides is 4. The number of piperidine rings is 1. The number of fused-ring (bicyclic) bond motifs is 2. The van der Waals surface area contributed by atoms with Crippen LogP contribution in [0.2, 0.25) is 0 Å². The molecule has 3 heterocycles. The average molecular weight is 403 g/mol. The van der Waals surface area contributed by atoms with Gasteiger partial charge in [0.25, 0.3) is 0 Å². The summed E-state index contributed by atoms with van der Waals surface area (Å²) in [7, 11) is -4.84. The van der Waals surface area contributed by atoms with Gasteiger partial charge in [0, 0.05) is 26.6 Å². The van der Waals surface area contributed by atoms with Gasteiger partial charge in [-0.2, -0.15) is 13.5 Å². The molecule has 3 aliphatic heterocycles. The topological polar surface area (TPSA) is 160 Å². The molecule has 0 radical (unpaired) electrons. The summed E-state index contributed by atoms with van der Waals surface area (Å²) in [6, 6.07) is -2.07. The van der Waals surface area contributed by atoms with Gasteiger partial charge in [-0.1, -0.05) is 0 Å². The highest BCUT2D eigenvalue weighted by Gasteiger charge is 2.48. The van der Waals surface area contributed by atoms with Gasteiger partial charge in [-0.3, -0.25) is 19.6 Å². The van der Waals surface area contributed by atoms with E-state index in [0.717, 1.165) is 0 Å². The third kappa shape index (κ3) is 4.04. The SMILES string of the molecule is CC(=O)N1CCC(C(=O)NC(=N)C2CCC3CN2C(=O)N3OS(=O)(=O)O)C1. The van der Waals surface area contributed by atoms with Crippen molar-refractivity contribution in [2.75, 3.05) is 19.6 Å². The first kappa shape index (κ1) is 19.5. The Morgan fingerprint density at radius 1 is 1.26 bits per heavy atom. The molecule has 3 N–H and O–H groups in total. The molecule has 0 saturated carbocycles. The Kier molecular flexibility index (Phi) is 5.10. The van der Waals surface area contributed by atoms with Crippen molar-refractivity contribution in [1.82, 2.24) is 20.2 Å². The number of hydrogen-bond acceptors (Lipinski definition) is 7. The third-order valence-corrected chi connectivity index (χ3v) is 5.44. The summed E-state index contributed by atoms with van der Waals surface area (Å²) in [6.07, 6.45) is 1.19. The van der Waals surface area contributed by atoms with E-state index in [-0.39, 0.29) is 24.2 Å². The number of rotatable bonds is 4. The van der Waals surface area contributed by atoms with Gasteiger partial charge < -0.3 is 15.1 Å². The Bertz CT molecular complexity index is 785. The van der Waals surface area contributed by atoms with E-state index in [1.165, 1.54) is 11.8 Å². The maximum atomic E-state index is 12.4. The van der Waals surface area contributed by atoms with Crippen molar-refractivity contribution in [2.45, 2.75) is 38.3 Å². The Labute approximate surface area is 155 Å². The summed E-state index contributed by atoms with van der Waals surface area (Å²) in [5.41, 5.74) is 0. The molecule has 3 atom stereocenters. The van der Waals surface area contributed by atoms with Crippen LogP contribution in [-0.2, 0) is 24.3 Å². The first-order chi connectivity index (χ1) is 12.6. The molecular formula is C14H21N5O7S. The number of carbonyl (C=O) groups is 3. The molecule has 150 valence electrons. The zero-order chi connectivity index (χ0) is 19.9. The summed E-state index contributed by atoms with van der Waals surface area (Å²) < 4.78 is 34.9. The van der Waals surface area contributed by atoms with Crippen molar-refractivity contribution in [3.63, 3.8) is 0 Å². The average Bonchev–Trinajstić information content (AvgIpc) is 3.15. The molecule has 0 aromatic rings. The minimum Gasteiger partial charge on any atom is -0.342 e. The van der Waals surface area contributed by atoms with Crippen molar-refractivity contribution >= 4 is 34.1 Å². The van der Waals surface area contributed by atoms with Crippen LogP contribution in [0.5, 0.6) is 0 Å². The van der Waals surface area contributed by atoms with Gasteiger partial charge >= 0.3 is 16.4 Å². The second kappa shape index (κ2) is 7.05. The fraction of sp³-hybridized carbons (Fsp3) is 0.714. The van der Waals surface area contributed by atoms with Crippen LogP contribution in [0.1, 0.15) is 26.2 Å². The number of nitrogens with one attached hydrogen (secondary N) is 2. The van der Waals surface area contributed by atoms with Crippen molar-refractivity contribution in [3.8, 4) is 0 Å². The predicted octanol–water partition coefficient (Wildman–Crippen LogP) is -1.05. The second-order valence-corrected chi connectivity index (χ2v) is 7.87. The van der Waals surface area contributed by atoms with Gasteiger partial charge in [0.05, 0.1) is 18.0 Å². The highest BCUT2D eigenvalue weighted by molar-refractivity contribution is 7.80. The molecule has 0 aromatic heterocycles. The van der Waals surface area contributed by atoms with Crippen LogP contribution >= 0.6 is 0 Å². The van der Waals surface area contributed by atoms with Crippen LogP contribution in [0.4, 0.5) is 4.79 Å². The highest BCUT2D eigenvalue weighted by atomic mass is 32.3. The Morgan fingerprint density at radius 3 is 2.56 bits per heavy atom. The fourth-order valence-corrected chi connectivity index (χ4v) is 4.10. The molecule has 2 bridgehead atoms. The highest BCUT2D eigenvalue weighted by Crippen LogP contribution is 2.31. The smallest absolute Gasteiger partial charge is 0.342 e. The fourth-order valence-electron chi connectivity index (χ4n) is 3.71. The lowest BCUT2D eigenvalue weighted by Crippen LogP contribution is -2.51. The first-order valence-corrected chi connectivity index (χ1v) is 9.85. The molecule has 0 spiro atoms. The molecule has 3 rings (SSSR count). The number of carbonyl (C=O) groups excluding carboxylic acids is 3. The quantitative estimate of drug-likeness (QED) is 0.307. The van der Waals surface area contributed by atoms with Crippen LogP contribution in [0.15, 0.2) is 0 Å². The van der Waals surface area contributed by atoms with Crippen LogP contribution in [-0.4, -0.2) is 83.2 Å². The molecular weight excluding hydrogens is 382 g/mol. The van der Waals surface area contributed by atoms with Crippen LogP contribution in [0, 0.1) is 11.3 Å². The second-order valence-electron chi connectivity index (χ2n) is 6.86. The zero-order valence-electron chi connectivity index (χ0n) is 14.6. The lowest BCUT2D eigenvalue weighted by Gasteiger charge is -2.31. The monoisotopic (exact) mass is 403 g/mol. The van der Waals surface area contributed by atoms with Gasteiger partial charge in [-0.15, -0.1) is 4.28 Å². The molecule has 3 fully saturated rings. The van der Waals surface area contributed by atoms with Crippen molar-refractivity contribution in [2.24, 2.45) is 5.92 Å². The Morgan fingerprint density at radius 2 is 1.96 bits per heavy atom. The number of hydrogen-bond donors (Lipinski definition) is 3. The number of likely N-dealkylation sites (tertiary alicyclic amines) is 1. The predicted molar refractivity (Wildman–Crippen MR) is 89.6 cm³/mol. The minimum absolute atomic E-state index is 0.111. The van der Waals surface area contributed by atoms with Crippen LogP contribution in [0.25, 0.3) is 0 Å². The van der Waals surface area contributed by atoms with Gasteiger partial charge in [0.2, 0.25) is 11.8 Å². The number of hydroxylamine groups is 2. The molecule has 3 saturated heterocycles. The molecule has 13 heteroatoms. The molecule has 0 aliphatic carbocycles. The van der Waals surface area contributed by atoms with E-state index in [2.05, 4.69) is 9.60 Å². The third-order valence-electron chi connectivity index (χ3n) is 5.09. The maximum Gasteiger partial charge on any atom is 0.418 e. The van der Waals surface area contributed by atoms with E-state index >= 15 is 0 Å². The molecule has 12 nitrogen and oxygen atoms in total. The van der Waals surface area contributed by atoms with E-state index in [0.29, 0.717) is 37.4 Å². The van der Waals surface area contributed by atoms with E-state index in [1.54, 1.807) is 4.90 Å². The van der Waals surface area contributed by atoms with Crippen molar-refractivity contribution in [1.29, 1.82) is 5.41 Å². The molecule has 3 unspecified atom stereocenters. The zero-order valence-corrected chi connectivity index (χ0v) is 15.4. The van der Waals surface area contributed by atoms with Crippen LogP contribution in [0.3, 0.4) is 0 Å². The standard InChI is InChI=1S/C14H21N5O7S/c1-8(20)17-5-4-9(6-17)13(21)16-12(15)11-3-2-10-7-18(11)14(22)19(10)26-27(23,24)25/h9-11H,2-7H2,1H3,(H2,15,16,21)(H,23,24,25). The van der Waals surface area contributed by atoms with Gasteiger partial charge in [-0.25, -0.2) is 4.79 Å². The van der Waals surface area contributed by atoms with Crippen molar-refractivity contribution in [3.05, 3.63) is 0 Å². The number of amidine groups is 1. The summed E-state index contributed by atoms with van der Waals surface area (Å²) >= 11 is 0. The van der Waals surface area contributed by atoms with E-state index < -0.39 is 34.4 Å². The number of urea groups is 1. The molecule has 27 heavy (non-hydrogen) atoms. The summed E-state index contributed by atoms with van der Waals surface area (Å²) in [5.74, 6) is -1.08. The maximum absolute atomic E-state index is 12.4. The summed E-state index contributed by atoms with van der Waals surface area (Å²) in [6.45, 7) is 2.33. The molecule has 3 aliphatic rings. The van der Waals surface area contributed by atoms with Gasteiger partial charge in [0.1, 0.15) is 5.84 Å².